The summed E-state index contributed by atoms with van der Waals surface area (Å²) in [6.45, 7) is 1.48. The topological polar surface area (TPSA) is 74.3 Å². The molecule has 0 bridgehead atoms. The van der Waals surface area contributed by atoms with E-state index < -0.39 is 0 Å². The highest BCUT2D eigenvalue weighted by Gasteiger charge is 2.22. The van der Waals surface area contributed by atoms with Gasteiger partial charge in [-0.3, -0.25) is 14.6 Å². The van der Waals surface area contributed by atoms with E-state index >= 15 is 0 Å². The Labute approximate surface area is 118 Å². The summed E-state index contributed by atoms with van der Waals surface area (Å²) in [7, 11) is 1.90. The van der Waals surface area contributed by atoms with Crippen molar-refractivity contribution in [3.63, 3.8) is 0 Å². The fourth-order valence-electron chi connectivity index (χ4n) is 2.29. The van der Waals surface area contributed by atoms with E-state index in [4.69, 9.17) is 0 Å². The summed E-state index contributed by atoms with van der Waals surface area (Å²) in [5.41, 5.74) is 0.326. The second-order valence-electron chi connectivity index (χ2n) is 4.87. The number of nitrogens with one attached hydrogen (secondary N) is 2. The summed E-state index contributed by atoms with van der Waals surface area (Å²) in [4.78, 5) is 29.6. The van der Waals surface area contributed by atoms with Crippen molar-refractivity contribution >= 4 is 11.8 Å². The molecule has 1 aliphatic rings. The lowest BCUT2D eigenvalue weighted by molar-refractivity contribution is -0.131. The molecule has 6 nitrogen and oxygen atoms in total. The number of amides is 2. The van der Waals surface area contributed by atoms with Gasteiger partial charge in [0, 0.05) is 25.3 Å². The second kappa shape index (κ2) is 7.00. The van der Waals surface area contributed by atoms with Gasteiger partial charge in [0.1, 0.15) is 5.69 Å². The monoisotopic (exact) mass is 276 g/mol. The molecule has 0 aliphatic carbocycles. The third-order valence-electron chi connectivity index (χ3n) is 3.48. The van der Waals surface area contributed by atoms with Gasteiger partial charge in [0.15, 0.2) is 0 Å². The van der Waals surface area contributed by atoms with Crippen LogP contribution in [0.15, 0.2) is 24.4 Å². The van der Waals surface area contributed by atoms with Crippen LogP contribution < -0.4 is 10.6 Å². The number of hydrogen-bond donors (Lipinski definition) is 2. The Bertz CT molecular complexity index is 464. The molecule has 108 valence electrons. The third-order valence-corrected chi connectivity index (χ3v) is 3.48. The number of carbonyl (C=O) groups is 2. The van der Waals surface area contributed by atoms with Crippen molar-refractivity contribution in [3.8, 4) is 0 Å². The molecule has 1 saturated heterocycles. The average molecular weight is 276 g/mol. The SMILES string of the molecule is CNC1CCCN(C(=O)CNC(=O)c2ccccn2)C1. The summed E-state index contributed by atoms with van der Waals surface area (Å²) in [6.07, 6.45) is 3.63. The lowest BCUT2D eigenvalue weighted by atomic mass is 10.1. The van der Waals surface area contributed by atoms with E-state index in [0.29, 0.717) is 18.3 Å². The standard InChI is InChI=1S/C14H20N4O2/c1-15-11-5-4-8-18(10-11)13(19)9-17-14(20)12-6-2-3-7-16-12/h2-3,6-7,11,15H,4-5,8-10H2,1H3,(H,17,20). The van der Waals surface area contributed by atoms with Crippen molar-refractivity contribution in [2.24, 2.45) is 0 Å². The number of carbonyl (C=O) groups excluding carboxylic acids is 2. The molecule has 1 aromatic rings. The van der Waals surface area contributed by atoms with Crippen LogP contribution in [0, 0.1) is 0 Å². The maximum atomic E-state index is 12.1. The molecule has 1 atom stereocenters. The van der Waals surface area contributed by atoms with Crippen molar-refractivity contribution in [1.29, 1.82) is 0 Å². The van der Waals surface area contributed by atoms with Crippen molar-refractivity contribution in [2.45, 2.75) is 18.9 Å². The minimum atomic E-state index is -0.318. The van der Waals surface area contributed by atoms with Gasteiger partial charge in [0.05, 0.1) is 6.54 Å². The van der Waals surface area contributed by atoms with Crippen LogP contribution in [0.25, 0.3) is 0 Å². The number of pyridine rings is 1. The Kier molecular flexibility index (Phi) is 5.06. The van der Waals surface area contributed by atoms with Crippen molar-refractivity contribution < 1.29 is 9.59 Å². The highest BCUT2D eigenvalue weighted by Crippen LogP contribution is 2.09. The molecule has 2 rings (SSSR count). The maximum Gasteiger partial charge on any atom is 0.270 e. The maximum absolute atomic E-state index is 12.1. The first-order valence-corrected chi connectivity index (χ1v) is 6.85. The molecular formula is C14H20N4O2. The fraction of sp³-hybridized carbons (Fsp3) is 0.500. The minimum Gasteiger partial charge on any atom is -0.342 e. The number of nitrogens with zero attached hydrogens (tertiary/aromatic N) is 2. The van der Waals surface area contributed by atoms with Gasteiger partial charge >= 0.3 is 0 Å². The van der Waals surface area contributed by atoms with Gasteiger partial charge in [0.25, 0.3) is 5.91 Å². The van der Waals surface area contributed by atoms with E-state index in [1.807, 2.05) is 7.05 Å². The molecule has 2 N–H and O–H groups in total. The largest absolute Gasteiger partial charge is 0.342 e. The summed E-state index contributed by atoms with van der Waals surface area (Å²) in [5, 5.41) is 5.80. The molecular weight excluding hydrogens is 256 g/mol. The molecule has 0 radical (unpaired) electrons. The normalized spacial score (nSPS) is 18.6. The van der Waals surface area contributed by atoms with Crippen LogP contribution in [-0.2, 0) is 4.79 Å². The first kappa shape index (κ1) is 14.5. The minimum absolute atomic E-state index is 0.0197. The van der Waals surface area contributed by atoms with Gasteiger partial charge in [-0.05, 0) is 32.0 Å². The van der Waals surface area contributed by atoms with E-state index in [0.717, 1.165) is 19.4 Å². The first-order chi connectivity index (χ1) is 9.70. The van der Waals surface area contributed by atoms with Crippen LogP contribution in [-0.4, -0.2) is 54.4 Å². The van der Waals surface area contributed by atoms with Crippen LogP contribution in [0.1, 0.15) is 23.3 Å². The Morgan fingerprint density at radius 3 is 3.00 bits per heavy atom. The summed E-state index contributed by atoms with van der Waals surface area (Å²) >= 11 is 0. The van der Waals surface area contributed by atoms with Crippen LogP contribution in [0.5, 0.6) is 0 Å². The number of hydrogen-bond acceptors (Lipinski definition) is 4. The van der Waals surface area contributed by atoms with Gasteiger partial charge in [-0.15, -0.1) is 0 Å². The number of likely N-dealkylation sites (N-methyl/N-ethyl adjacent to an activating group) is 1. The van der Waals surface area contributed by atoms with Gasteiger partial charge in [-0.2, -0.15) is 0 Å². The Morgan fingerprint density at radius 1 is 1.45 bits per heavy atom. The van der Waals surface area contributed by atoms with Gasteiger partial charge in [0.2, 0.25) is 5.91 Å². The van der Waals surface area contributed by atoms with E-state index in [2.05, 4.69) is 15.6 Å². The summed E-state index contributed by atoms with van der Waals surface area (Å²) in [6, 6.07) is 5.45. The quantitative estimate of drug-likeness (QED) is 0.813. The molecule has 2 heterocycles. The number of likely N-dealkylation sites (tertiary alicyclic amines) is 1. The summed E-state index contributed by atoms with van der Waals surface area (Å²) in [5.74, 6) is -0.365. The third kappa shape index (κ3) is 3.77. The van der Waals surface area contributed by atoms with Crippen LogP contribution in [0.3, 0.4) is 0 Å². The molecule has 0 aromatic carbocycles. The van der Waals surface area contributed by atoms with Crippen molar-refractivity contribution in [3.05, 3.63) is 30.1 Å². The van der Waals surface area contributed by atoms with Crippen LogP contribution in [0.4, 0.5) is 0 Å². The highest BCUT2D eigenvalue weighted by atomic mass is 16.2. The lowest BCUT2D eigenvalue weighted by Gasteiger charge is -2.32. The Hall–Kier alpha value is -1.95. The average Bonchev–Trinajstić information content (AvgIpc) is 2.53. The molecule has 6 heteroatoms. The van der Waals surface area contributed by atoms with Gasteiger partial charge in [-0.1, -0.05) is 6.07 Å². The fourth-order valence-corrected chi connectivity index (χ4v) is 2.29. The molecule has 1 aliphatic heterocycles. The summed E-state index contributed by atoms with van der Waals surface area (Å²) < 4.78 is 0. The zero-order chi connectivity index (χ0) is 14.4. The molecule has 0 spiro atoms. The molecule has 20 heavy (non-hydrogen) atoms. The molecule has 1 aromatic heterocycles. The number of aromatic nitrogens is 1. The first-order valence-electron chi connectivity index (χ1n) is 6.85. The predicted molar refractivity (Wildman–Crippen MR) is 75.2 cm³/mol. The van der Waals surface area contributed by atoms with Gasteiger partial charge in [-0.25, -0.2) is 0 Å². The van der Waals surface area contributed by atoms with E-state index in [1.54, 1.807) is 29.3 Å². The van der Waals surface area contributed by atoms with E-state index in [1.165, 1.54) is 0 Å². The number of piperidine rings is 1. The smallest absolute Gasteiger partial charge is 0.270 e. The number of rotatable bonds is 4. The second-order valence-corrected chi connectivity index (χ2v) is 4.87. The molecule has 1 fully saturated rings. The predicted octanol–water partition coefficient (Wildman–Crippen LogP) is 0.0218. The zero-order valence-electron chi connectivity index (χ0n) is 11.6. The van der Waals surface area contributed by atoms with E-state index in [-0.39, 0.29) is 18.4 Å². The Balaban J connectivity index is 1.81. The van der Waals surface area contributed by atoms with Gasteiger partial charge < -0.3 is 15.5 Å². The molecule has 2 amide bonds. The molecule has 1 unspecified atom stereocenters. The zero-order valence-corrected chi connectivity index (χ0v) is 11.6. The van der Waals surface area contributed by atoms with Crippen LogP contribution >= 0.6 is 0 Å². The Morgan fingerprint density at radius 2 is 2.30 bits per heavy atom. The van der Waals surface area contributed by atoms with Crippen molar-refractivity contribution in [2.75, 3.05) is 26.7 Å². The highest BCUT2D eigenvalue weighted by molar-refractivity contribution is 5.94. The molecule has 0 saturated carbocycles. The lowest BCUT2D eigenvalue weighted by Crippen LogP contribution is -2.49. The van der Waals surface area contributed by atoms with Crippen LogP contribution in [0.2, 0.25) is 0 Å². The van der Waals surface area contributed by atoms with Crippen molar-refractivity contribution in [1.82, 2.24) is 20.5 Å². The van der Waals surface area contributed by atoms with E-state index in [9.17, 15) is 9.59 Å².